The van der Waals surface area contributed by atoms with Gasteiger partial charge in [-0.25, -0.2) is 0 Å². The molecule has 0 bridgehead atoms. The molecular weight excluding hydrogens is 296 g/mol. The van der Waals surface area contributed by atoms with Crippen molar-refractivity contribution in [3.8, 4) is 5.75 Å². The molecule has 0 heterocycles. The molecule has 0 aliphatic heterocycles. The highest BCUT2D eigenvalue weighted by atomic mass is 35.5. The summed E-state index contributed by atoms with van der Waals surface area (Å²) in [5.41, 5.74) is 0.356. The van der Waals surface area contributed by atoms with Gasteiger partial charge in [0.25, 0.3) is 5.69 Å². The molecule has 0 aliphatic rings. The van der Waals surface area contributed by atoms with Crippen LogP contribution in [0.15, 0.2) is 42.5 Å². The predicted octanol–water partition coefficient (Wildman–Crippen LogP) is 2.50. The number of nitrogens with one attached hydrogen (secondary N) is 1. The molecule has 21 heavy (non-hydrogen) atoms. The summed E-state index contributed by atoms with van der Waals surface area (Å²) in [6.45, 7) is 0. The Kier molecular flexibility index (Phi) is 4.39. The number of halogens is 1. The zero-order valence-electron chi connectivity index (χ0n) is 10.7. The van der Waals surface area contributed by atoms with E-state index in [2.05, 4.69) is 5.32 Å². The van der Waals surface area contributed by atoms with Crippen molar-refractivity contribution < 1.29 is 14.8 Å². The minimum atomic E-state index is -0.631. The topological polar surface area (TPSA) is 95.3 Å². The van der Waals surface area contributed by atoms with Gasteiger partial charge in [0.2, 0.25) is 5.91 Å². The maximum atomic E-state index is 11.8. The highest BCUT2D eigenvalue weighted by molar-refractivity contribution is 6.30. The lowest BCUT2D eigenvalue weighted by atomic mass is 10.1. The Balaban J connectivity index is 2.10. The van der Waals surface area contributed by atoms with Crippen LogP contribution in [0.25, 0.3) is 0 Å². The molecule has 0 radical (unpaired) electrons. The van der Waals surface area contributed by atoms with E-state index in [1.54, 1.807) is 24.3 Å². The SMILES string of the molecule is O=C(Cc1ccc(Cl)cc1)Nc1cc([N+](=O)[O-])ccc1[O-]. The van der Waals surface area contributed by atoms with E-state index in [0.717, 1.165) is 23.8 Å². The maximum Gasteiger partial charge on any atom is 0.271 e. The Hall–Kier alpha value is -2.60. The zero-order chi connectivity index (χ0) is 15.4. The number of non-ortho nitro benzene ring substituents is 1. The van der Waals surface area contributed by atoms with Crippen LogP contribution in [-0.4, -0.2) is 10.8 Å². The van der Waals surface area contributed by atoms with Crippen LogP contribution in [0.4, 0.5) is 11.4 Å². The van der Waals surface area contributed by atoms with E-state index in [-0.39, 0.29) is 17.8 Å². The smallest absolute Gasteiger partial charge is 0.271 e. The van der Waals surface area contributed by atoms with Crippen LogP contribution in [0.3, 0.4) is 0 Å². The van der Waals surface area contributed by atoms with Gasteiger partial charge in [-0.3, -0.25) is 14.9 Å². The first-order chi connectivity index (χ1) is 9.95. The fourth-order valence-corrected chi connectivity index (χ4v) is 1.84. The van der Waals surface area contributed by atoms with Crippen LogP contribution in [0.2, 0.25) is 5.02 Å². The Bertz CT molecular complexity index is 686. The number of benzene rings is 2. The van der Waals surface area contributed by atoms with Crippen molar-refractivity contribution in [1.82, 2.24) is 0 Å². The summed E-state index contributed by atoms with van der Waals surface area (Å²) >= 11 is 5.74. The van der Waals surface area contributed by atoms with Crippen LogP contribution in [0.5, 0.6) is 5.75 Å². The maximum absolute atomic E-state index is 11.8. The lowest BCUT2D eigenvalue weighted by molar-refractivity contribution is -0.385. The Morgan fingerprint density at radius 1 is 1.19 bits per heavy atom. The number of rotatable bonds is 4. The van der Waals surface area contributed by atoms with Gasteiger partial charge in [0, 0.05) is 22.8 Å². The third-order valence-corrected chi connectivity index (χ3v) is 2.98. The summed E-state index contributed by atoms with van der Waals surface area (Å²) in [6, 6.07) is 9.86. The summed E-state index contributed by atoms with van der Waals surface area (Å²) in [7, 11) is 0. The van der Waals surface area contributed by atoms with Crippen LogP contribution in [0.1, 0.15) is 5.56 Å². The van der Waals surface area contributed by atoms with Crippen molar-refractivity contribution in [3.05, 3.63) is 63.2 Å². The lowest BCUT2D eigenvalue weighted by Crippen LogP contribution is -2.15. The number of nitro groups is 1. The van der Waals surface area contributed by atoms with Gasteiger partial charge in [-0.15, -0.1) is 0 Å². The van der Waals surface area contributed by atoms with E-state index < -0.39 is 16.6 Å². The summed E-state index contributed by atoms with van der Waals surface area (Å²) in [6.07, 6.45) is 0.0410. The molecule has 2 aromatic carbocycles. The van der Waals surface area contributed by atoms with E-state index in [1.807, 2.05) is 0 Å². The Morgan fingerprint density at radius 3 is 2.48 bits per heavy atom. The lowest BCUT2D eigenvalue weighted by Gasteiger charge is -2.14. The predicted molar refractivity (Wildman–Crippen MR) is 76.3 cm³/mol. The largest absolute Gasteiger partial charge is 0.871 e. The van der Waals surface area contributed by atoms with Crippen molar-refractivity contribution in [2.75, 3.05) is 5.32 Å². The molecule has 108 valence electrons. The minimum absolute atomic E-state index is 0.0410. The summed E-state index contributed by atoms with van der Waals surface area (Å²) in [4.78, 5) is 21.9. The first kappa shape index (κ1) is 14.8. The quantitative estimate of drug-likeness (QED) is 0.693. The van der Waals surface area contributed by atoms with Gasteiger partial charge in [-0.2, -0.15) is 0 Å². The van der Waals surface area contributed by atoms with Crippen LogP contribution < -0.4 is 10.4 Å². The molecule has 0 unspecified atom stereocenters. The van der Waals surface area contributed by atoms with E-state index in [9.17, 15) is 20.0 Å². The van der Waals surface area contributed by atoms with E-state index in [0.29, 0.717) is 5.02 Å². The first-order valence-corrected chi connectivity index (χ1v) is 6.33. The molecular formula is C14H10ClN2O4-. The van der Waals surface area contributed by atoms with Gasteiger partial charge in [0.15, 0.2) is 0 Å². The normalized spacial score (nSPS) is 10.1. The second-order valence-electron chi connectivity index (χ2n) is 4.29. The van der Waals surface area contributed by atoms with Crippen LogP contribution in [-0.2, 0) is 11.2 Å². The number of carbonyl (C=O) groups excluding carboxylic acids is 1. The van der Waals surface area contributed by atoms with Crippen molar-refractivity contribution >= 4 is 28.9 Å². The molecule has 2 aromatic rings. The minimum Gasteiger partial charge on any atom is -0.871 e. The van der Waals surface area contributed by atoms with Crippen molar-refractivity contribution in [3.63, 3.8) is 0 Å². The molecule has 7 heteroatoms. The highest BCUT2D eigenvalue weighted by Crippen LogP contribution is 2.25. The van der Waals surface area contributed by atoms with Crippen LogP contribution in [0, 0.1) is 10.1 Å². The van der Waals surface area contributed by atoms with Gasteiger partial charge in [-0.1, -0.05) is 35.5 Å². The van der Waals surface area contributed by atoms with Gasteiger partial charge >= 0.3 is 0 Å². The first-order valence-electron chi connectivity index (χ1n) is 5.95. The average Bonchev–Trinajstić information content (AvgIpc) is 2.43. The fraction of sp³-hybridized carbons (Fsp3) is 0.0714. The molecule has 1 N–H and O–H groups in total. The third kappa shape index (κ3) is 3.93. The molecule has 0 aromatic heterocycles. The summed E-state index contributed by atoms with van der Waals surface area (Å²) < 4.78 is 0. The molecule has 0 saturated carbocycles. The molecule has 6 nitrogen and oxygen atoms in total. The van der Waals surface area contributed by atoms with Crippen molar-refractivity contribution in [2.24, 2.45) is 0 Å². The molecule has 0 aliphatic carbocycles. The van der Waals surface area contributed by atoms with Crippen molar-refractivity contribution in [1.29, 1.82) is 0 Å². The van der Waals surface area contributed by atoms with Gasteiger partial charge in [0.1, 0.15) is 0 Å². The number of carbonyl (C=O) groups is 1. The van der Waals surface area contributed by atoms with E-state index in [1.165, 1.54) is 0 Å². The standard InChI is InChI=1S/C14H11ClN2O4/c15-10-3-1-9(2-4-10)7-14(19)16-12-8-11(17(20)21)5-6-13(12)18/h1-6,8,18H,7H2,(H,16,19)/p-1. The number of anilines is 1. The molecule has 0 atom stereocenters. The number of amides is 1. The number of nitro benzene ring substituents is 1. The number of nitrogens with zero attached hydrogens (tertiary/aromatic N) is 1. The highest BCUT2D eigenvalue weighted by Gasteiger charge is 2.10. The zero-order valence-corrected chi connectivity index (χ0v) is 11.5. The van der Waals surface area contributed by atoms with Gasteiger partial charge in [0.05, 0.1) is 11.3 Å². The third-order valence-electron chi connectivity index (χ3n) is 2.73. The van der Waals surface area contributed by atoms with E-state index in [4.69, 9.17) is 11.6 Å². The van der Waals surface area contributed by atoms with Gasteiger partial charge < -0.3 is 10.4 Å². The molecule has 2 rings (SSSR count). The average molecular weight is 306 g/mol. The molecule has 1 amide bonds. The van der Waals surface area contributed by atoms with E-state index >= 15 is 0 Å². The van der Waals surface area contributed by atoms with Gasteiger partial charge in [-0.05, 0) is 17.7 Å². The molecule has 0 fully saturated rings. The second kappa shape index (κ2) is 6.23. The number of hydrogen-bond acceptors (Lipinski definition) is 4. The Labute approximate surface area is 125 Å². The Morgan fingerprint density at radius 2 is 1.86 bits per heavy atom. The second-order valence-corrected chi connectivity index (χ2v) is 4.73. The summed E-state index contributed by atoms with van der Waals surface area (Å²) in [5, 5.41) is 25.2. The monoisotopic (exact) mass is 305 g/mol. The molecule has 0 saturated heterocycles. The summed E-state index contributed by atoms with van der Waals surface area (Å²) in [5.74, 6) is -0.917. The number of hydrogen-bond donors (Lipinski definition) is 1. The molecule has 0 spiro atoms. The van der Waals surface area contributed by atoms with Crippen molar-refractivity contribution in [2.45, 2.75) is 6.42 Å². The fourth-order valence-electron chi connectivity index (χ4n) is 1.71. The van der Waals surface area contributed by atoms with Crippen LogP contribution >= 0.6 is 11.6 Å².